The predicted octanol–water partition coefficient (Wildman–Crippen LogP) is 3.61. The largest absolute Gasteiger partial charge is 0.379 e. The Morgan fingerprint density at radius 3 is 2.48 bits per heavy atom. The lowest BCUT2D eigenvalue weighted by Crippen LogP contribution is -2.42. The van der Waals surface area contributed by atoms with Gasteiger partial charge in [-0.1, -0.05) is 37.1 Å². The van der Waals surface area contributed by atoms with Gasteiger partial charge in [-0.05, 0) is 48.2 Å². The van der Waals surface area contributed by atoms with Crippen LogP contribution in [0.25, 0.3) is 0 Å². The first kappa shape index (κ1) is 23.4. The van der Waals surface area contributed by atoms with Crippen molar-refractivity contribution in [2.24, 2.45) is 0 Å². The standard InChI is InChI=1S/C26H32FN3O3/c27-22-8-6-21(7-9-22)26(11-1-2-12-26)25(32)28-19-20-4-3-5-23(18-20)29-24(31)10-13-30-14-16-33-17-15-30/h3-9,18H,1-2,10-17,19H2,(H,28,32)(H,29,31). The molecule has 2 fully saturated rings. The number of morpholine rings is 1. The number of hydrogen-bond acceptors (Lipinski definition) is 4. The van der Waals surface area contributed by atoms with Crippen LogP contribution in [0.3, 0.4) is 0 Å². The highest BCUT2D eigenvalue weighted by molar-refractivity contribution is 5.91. The molecule has 176 valence electrons. The highest BCUT2D eigenvalue weighted by Crippen LogP contribution is 2.41. The SMILES string of the molecule is O=C(CCN1CCOCC1)Nc1cccc(CNC(=O)C2(c3ccc(F)cc3)CCCC2)c1. The molecule has 1 heterocycles. The number of hydrogen-bond donors (Lipinski definition) is 2. The van der Waals surface area contributed by atoms with Gasteiger partial charge in [-0.25, -0.2) is 4.39 Å². The quantitative estimate of drug-likeness (QED) is 0.641. The Kier molecular flexibility index (Phi) is 7.73. The van der Waals surface area contributed by atoms with Gasteiger partial charge in [-0.3, -0.25) is 14.5 Å². The average Bonchev–Trinajstić information content (AvgIpc) is 3.34. The summed E-state index contributed by atoms with van der Waals surface area (Å²) >= 11 is 0. The van der Waals surface area contributed by atoms with E-state index in [9.17, 15) is 14.0 Å². The molecule has 6 nitrogen and oxygen atoms in total. The molecule has 4 rings (SSSR count). The molecule has 2 aliphatic rings. The summed E-state index contributed by atoms with van der Waals surface area (Å²) in [6.07, 6.45) is 3.93. The van der Waals surface area contributed by atoms with Gasteiger partial charge in [-0.2, -0.15) is 0 Å². The van der Waals surface area contributed by atoms with Gasteiger partial charge in [0.1, 0.15) is 5.82 Å². The first-order chi connectivity index (χ1) is 16.0. The number of anilines is 1. The van der Waals surface area contributed by atoms with E-state index in [2.05, 4.69) is 15.5 Å². The molecule has 0 atom stereocenters. The summed E-state index contributed by atoms with van der Waals surface area (Å²) in [7, 11) is 0. The van der Waals surface area contributed by atoms with Crippen LogP contribution in [0.4, 0.5) is 10.1 Å². The van der Waals surface area contributed by atoms with Crippen molar-refractivity contribution in [3.05, 3.63) is 65.5 Å². The van der Waals surface area contributed by atoms with Crippen LogP contribution >= 0.6 is 0 Å². The number of ether oxygens (including phenoxy) is 1. The van der Waals surface area contributed by atoms with Gasteiger partial charge < -0.3 is 15.4 Å². The maximum atomic E-state index is 13.4. The third kappa shape index (κ3) is 5.97. The van der Waals surface area contributed by atoms with Crippen molar-refractivity contribution in [1.82, 2.24) is 10.2 Å². The number of benzene rings is 2. The van der Waals surface area contributed by atoms with E-state index in [-0.39, 0.29) is 17.6 Å². The normalized spacial score (nSPS) is 18.1. The number of halogens is 1. The van der Waals surface area contributed by atoms with Crippen LogP contribution in [0.5, 0.6) is 0 Å². The summed E-state index contributed by atoms with van der Waals surface area (Å²) in [5.74, 6) is -0.341. The molecule has 1 saturated carbocycles. The molecule has 2 N–H and O–H groups in total. The molecule has 0 spiro atoms. The van der Waals surface area contributed by atoms with Crippen LogP contribution in [-0.4, -0.2) is 49.6 Å². The van der Waals surface area contributed by atoms with Crippen molar-refractivity contribution in [1.29, 1.82) is 0 Å². The Balaban J connectivity index is 1.32. The lowest BCUT2D eigenvalue weighted by molar-refractivity contribution is -0.126. The number of nitrogens with zero attached hydrogens (tertiary/aromatic N) is 1. The monoisotopic (exact) mass is 453 g/mol. The predicted molar refractivity (Wildman–Crippen MR) is 125 cm³/mol. The number of nitrogens with one attached hydrogen (secondary N) is 2. The summed E-state index contributed by atoms with van der Waals surface area (Å²) < 4.78 is 18.7. The lowest BCUT2D eigenvalue weighted by Gasteiger charge is -2.28. The van der Waals surface area contributed by atoms with Crippen LogP contribution in [0.2, 0.25) is 0 Å². The fourth-order valence-electron chi connectivity index (χ4n) is 4.81. The molecule has 33 heavy (non-hydrogen) atoms. The van der Waals surface area contributed by atoms with Gasteiger partial charge >= 0.3 is 0 Å². The van der Waals surface area contributed by atoms with Gasteiger partial charge in [0, 0.05) is 38.3 Å². The van der Waals surface area contributed by atoms with Crippen molar-refractivity contribution < 1.29 is 18.7 Å². The molecule has 0 radical (unpaired) electrons. The van der Waals surface area contributed by atoms with Crippen molar-refractivity contribution in [2.45, 2.75) is 44.1 Å². The van der Waals surface area contributed by atoms with Crippen molar-refractivity contribution in [3.63, 3.8) is 0 Å². The van der Waals surface area contributed by atoms with Crippen LogP contribution in [0.15, 0.2) is 48.5 Å². The number of carbonyl (C=O) groups excluding carboxylic acids is 2. The smallest absolute Gasteiger partial charge is 0.230 e. The van der Waals surface area contributed by atoms with Crippen LogP contribution in [0, 0.1) is 5.82 Å². The van der Waals surface area contributed by atoms with Crippen molar-refractivity contribution in [2.75, 3.05) is 38.2 Å². The maximum Gasteiger partial charge on any atom is 0.230 e. The van der Waals surface area contributed by atoms with Crippen molar-refractivity contribution >= 4 is 17.5 Å². The molecule has 2 amide bonds. The van der Waals surface area contributed by atoms with E-state index in [4.69, 9.17) is 4.74 Å². The second-order valence-electron chi connectivity index (χ2n) is 8.93. The average molecular weight is 454 g/mol. The molecule has 7 heteroatoms. The summed E-state index contributed by atoms with van der Waals surface area (Å²) in [6, 6.07) is 13.9. The number of carbonyl (C=O) groups is 2. The number of amides is 2. The van der Waals surface area contributed by atoms with E-state index < -0.39 is 5.41 Å². The Bertz CT molecular complexity index is 952. The van der Waals surface area contributed by atoms with Crippen molar-refractivity contribution in [3.8, 4) is 0 Å². The molecular formula is C26H32FN3O3. The topological polar surface area (TPSA) is 70.7 Å². The Morgan fingerprint density at radius 1 is 1.03 bits per heavy atom. The van der Waals surface area contributed by atoms with E-state index in [1.54, 1.807) is 12.1 Å². The van der Waals surface area contributed by atoms with E-state index in [0.29, 0.717) is 13.0 Å². The molecule has 0 unspecified atom stereocenters. The van der Waals surface area contributed by atoms with Gasteiger partial charge in [0.25, 0.3) is 0 Å². The molecule has 0 aromatic heterocycles. The van der Waals surface area contributed by atoms with Gasteiger partial charge in [0.05, 0.1) is 18.6 Å². The summed E-state index contributed by atoms with van der Waals surface area (Å²) in [4.78, 5) is 27.8. The highest BCUT2D eigenvalue weighted by atomic mass is 19.1. The zero-order valence-electron chi connectivity index (χ0n) is 18.9. The Hall–Kier alpha value is -2.77. The molecule has 2 aromatic rings. The summed E-state index contributed by atoms with van der Waals surface area (Å²) in [5.41, 5.74) is 1.92. The summed E-state index contributed by atoms with van der Waals surface area (Å²) in [5, 5.41) is 6.04. The van der Waals surface area contributed by atoms with Gasteiger partial charge in [0.2, 0.25) is 11.8 Å². The fraction of sp³-hybridized carbons (Fsp3) is 0.462. The minimum absolute atomic E-state index is 0.0217. The second kappa shape index (κ2) is 10.9. The van der Waals surface area contributed by atoms with Crippen LogP contribution < -0.4 is 10.6 Å². The lowest BCUT2D eigenvalue weighted by atomic mass is 9.78. The molecule has 2 aromatic carbocycles. The fourth-order valence-corrected chi connectivity index (χ4v) is 4.81. The molecule has 0 bridgehead atoms. The first-order valence-corrected chi connectivity index (χ1v) is 11.8. The molecule has 1 saturated heterocycles. The van der Waals surface area contributed by atoms with E-state index in [1.807, 2.05) is 24.3 Å². The zero-order chi connectivity index (χ0) is 23.1. The summed E-state index contributed by atoms with van der Waals surface area (Å²) in [6.45, 7) is 4.26. The van der Waals surface area contributed by atoms with E-state index >= 15 is 0 Å². The highest BCUT2D eigenvalue weighted by Gasteiger charge is 2.42. The molecule has 1 aliphatic heterocycles. The first-order valence-electron chi connectivity index (χ1n) is 11.8. The Labute approximate surface area is 194 Å². The molecular weight excluding hydrogens is 421 g/mol. The number of rotatable bonds is 8. The second-order valence-corrected chi connectivity index (χ2v) is 8.93. The third-order valence-electron chi connectivity index (χ3n) is 6.71. The van der Waals surface area contributed by atoms with Crippen LogP contribution in [0.1, 0.15) is 43.2 Å². The minimum atomic E-state index is -0.598. The third-order valence-corrected chi connectivity index (χ3v) is 6.71. The zero-order valence-corrected chi connectivity index (χ0v) is 18.9. The van der Waals surface area contributed by atoms with Gasteiger partial charge in [0.15, 0.2) is 0 Å². The van der Waals surface area contributed by atoms with Crippen LogP contribution in [-0.2, 0) is 26.3 Å². The Morgan fingerprint density at radius 2 is 1.76 bits per heavy atom. The minimum Gasteiger partial charge on any atom is -0.379 e. The van der Waals surface area contributed by atoms with E-state index in [1.165, 1.54) is 12.1 Å². The maximum absolute atomic E-state index is 13.4. The van der Waals surface area contributed by atoms with Gasteiger partial charge in [-0.15, -0.1) is 0 Å². The van der Waals surface area contributed by atoms with E-state index in [0.717, 1.165) is 75.3 Å². The molecule has 1 aliphatic carbocycles.